The first-order valence-corrected chi connectivity index (χ1v) is 8.23. The molecule has 0 N–H and O–H groups in total. The molecule has 0 aliphatic carbocycles. The van der Waals surface area contributed by atoms with Gasteiger partial charge in [-0.05, 0) is 19.4 Å². The van der Waals surface area contributed by atoms with Gasteiger partial charge in [0.05, 0.1) is 25.2 Å². The number of hydrogen-bond donors (Lipinski definition) is 0. The largest absolute Gasteiger partial charge is 0.467 e. The number of carbonyl (C=O) groups excluding carboxylic acids is 2. The molecule has 0 aromatic heterocycles. The molecule has 1 rings (SSSR count). The first-order chi connectivity index (χ1) is 11.8. The summed E-state index contributed by atoms with van der Waals surface area (Å²) >= 11 is 0. The molecule has 0 unspecified atom stereocenters. The van der Waals surface area contributed by atoms with E-state index in [4.69, 9.17) is 23.7 Å². The summed E-state index contributed by atoms with van der Waals surface area (Å²) in [6, 6.07) is 0. The molecule has 0 amide bonds. The van der Waals surface area contributed by atoms with Crippen molar-refractivity contribution in [1.29, 1.82) is 0 Å². The molecule has 1 aliphatic heterocycles. The van der Waals surface area contributed by atoms with Crippen LogP contribution in [-0.4, -0.2) is 52.6 Å². The molecule has 146 valence electrons. The van der Waals surface area contributed by atoms with Crippen LogP contribution in [0.5, 0.6) is 0 Å². The van der Waals surface area contributed by atoms with E-state index in [1.54, 1.807) is 13.2 Å². The van der Waals surface area contributed by atoms with E-state index < -0.39 is 0 Å². The summed E-state index contributed by atoms with van der Waals surface area (Å²) in [6.45, 7) is 16.9. The number of allylic oxidation sites excluding steroid dienone is 2. The number of carbonyl (C=O) groups is 2. The number of rotatable bonds is 8. The molecule has 1 saturated heterocycles. The lowest BCUT2D eigenvalue weighted by atomic mass is 9.85. The quantitative estimate of drug-likeness (QED) is 0.377. The van der Waals surface area contributed by atoms with Gasteiger partial charge in [0.25, 0.3) is 6.47 Å². The lowest BCUT2D eigenvalue weighted by Gasteiger charge is -2.43. The minimum Gasteiger partial charge on any atom is -0.467 e. The number of ether oxygens (including phenoxy) is 4. The second-order valence-electron chi connectivity index (χ2n) is 6.42. The number of methoxy groups -OCH3 is 1. The van der Waals surface area contributed by atoms with Gasteiger partial charge in [-0.3, -0.25) is 9.59 Å². The molecule has 0 atom stereocenters. The summed E-state index contributed by atoms with van der Waals surface area (Å²) in [7, 11) is 1.67. The predicted octanol–water partition coefficient (Wildman–Crippen LogP) is 3.16. The van der Waals surface area contributed by atoms with Gasteiger partial charge < -0.3 is 18.9 Å². The van der Waals surface area contributed by atoms with Gasteiger partial charge in [-0.15, -0.1) is 6.58 Å². The van der Waals surface area contributed by atoms with Crippen LogP contribution in [0.1, 0.15) is 34.1 Å². The fourth-order valence-electron chi connectivity index (χ4n) is 2.09. The van der Waals surface area contributed by atoms with E-state index in [0.29, 0.717) is 39.2 Å². The molecule has 25 heavy (non-hydrogen) atoms. The smallest absolute Gasteiger partial charge is 0.293 e. The van der Waals surface area contributed by atoms with Crippen molar-refractivity contribution >= 4 is 12.8 Å². The van der Waals surface area contributed by atoms with Gasteiger partial charge in [-0.1, -0.05) is 33.4 Å². The fraction of sp³-hybridized carbons (Fsp3) is 0.684. The van der Waals surface area contributed by atoms with Gasteiger partial charge >= 0.3 is 0 Å². The molecule has 0 aromatic rings. The van der Waals surface area contributed by atoms with Crippen LogP contribution in [0.15, 0.2) is 25.3 Å². The summed E-state index contributed by atoms with van der Waals surface area (Å²) in [5.74, 6) is 0. The van der Waals surface area contributed by atoms with Crippen molar-refractivity contribution in [1.82, 2.24) is 0 Å². The van der Waals surface area contributed by atoms with Gasteiger partial charge in [0.15, 0.2) is 6.29 Å². The summed E-state index contributed by atoms with van der Waals surface area (Å²) < 4.78 is 21.6. The molecule has 6 nitrogen and oxygen atoms in total. The molecule has 0 radical (unpaired) electrons. The van der Waals surface area contributed by atoms with Gasteiger partial charge in [0, 0.05) is 12.5 Å². The maximum absolute atomic E-state index is 10.3. The van der Waals surface area contributed by atoms with Crippen molar-refractivity contribution < 1.29 is 28.5 Å². The van der Waals surface area contributed by atoms with Crippen molar-refractivity contribution in [3.05, 3.63) is 25.3 Å². The summed E-state index contributed by atoms with van der Waals surface area (Å²) in [5, 5.41) is 0. The molecule has 0 aromatic carbocycles. The third kappa shape index (κ3) is 10.9. The molecule has 1 heterocycles. The zero-order valence-corrected chi connectivity index (χ0v) is 16.3. The molecular formula is C19H34O6. The van der Waals surface area contributed by atoms with E-state index in [9.17, 15) is 4.79 Å². The van der Waals surface area contributed by atoms with Crippen molar-refractivity contribution in [2.75, 3.05) is 33.5 Å². The first kappa shape index (κ1) is 25.7. The van der Waals surface area contributed by atoms with E-state index in [1.807, 2.05) is 27.7 Å². The maximum atomic E-state index is 10.3. The van der Waals surface area contributed by atoms with Crippen LogP contribution in [0.3, 0.4) is 0 Å². The van der Waals surface area contributed by atoms with E-state index in [1.165, 1.54) is 6.08 Å². The summed E-state index contributed by atoms with van der Waals surface area (Å²) in [4.78, 5) is 19.3. The average molecular weight is 358 g/mol. The number of aldehydes is 1. The highest BCUT2D eigenvalue weighted by molar-refractivity contribution is 5.63. The second-order valence-corrected chi connectivity index (χ2v) is 6.42. The molecule has 0 spiro atoms. The molecule has 0 bridgehead atoms. The highest BCUT2D eigenvalue weighted by Crippen LogP contribution is 2.35. The lowest BCUT2D eigenvalue weighted by molar-refractivity contribution is -0.280. The summed E-state index contributed by atoms with van der Waals surface area (Å²) in [5.41, 5.74) is -0.416. The van der Waals surface area contributed by atoms with Crippen molar-refractivity contribution in [3.8, 4) is 0 Å². The van der Waals surface area contributed by atoms with Crippen LogP contribution in [0.25, 0.3) is 0 Å². The number of hydrogen-bond acceptors (Lipinski definition) is 6. The lowest BCUT2D eigenvalue weighted by Crippen LogP contribution is -2.50. The Kier molecular flexibility index (Phi) is 15.2. The van der Waals surface area contributed by atoms with Gasteiger partial charge in [0.1, 0.15) is 12.9 Å². The highest BCUT2D eigenvalue weighted by Gasteiger charge is 2.42. The van der Waals surface area contributed by atoms with E-state index >= 15 is 0 Å². The van der Waals surface area contributed by atoms with Crippen molar-refractivity contribution in [3.63, 3.8) is 0 Å². The fourth-order valence-corrected chi connectivity index (χ4v) is 2.09. The van der Waals surface area contributed by atoms with Crippen LogP contribution in [0, 0.1) is 10.8 Å². The Bertz CT molecular complexity index is 364. The SMILES string of the molecule is C=CC.C=CC=O.CCC1(COC=O)COC(C(C)(C)COC)OC1. The van der Waals surface area contributed by atoms with Crippen molar-refractivity contribution in [2.45, 2.75) is 40.4 Å². The normalized spacial score (nSPS) is 22.2. The Hall–Kier alpha value is -1.50. The topological polar surface area (TPSA) is 71.1 Å². The average Bonchev–Trinajstić information content (AvgIpc) is 2.61. The van der Waals surface area contributed by atoms with Gasteiger partial charge in [-0.2, -0.15) is 0 Å². The van der Waals surface area contributed by atoms with Crippen LogP contribution in [0.4, 0.5) is 0 Å². The van der Waals surface area contributed by atoms with Crippen LogP contribution >= 0.6 is 0 Å². The Labute approximate surface area is 152 Å². The van der Waals surface area contributed by atoms with Crippen LogP contribution < -0.4 is 0 Å². The minimum atomic E-state index is -0.284. The third-order valence-corrected chi connectivity index (χ3v) is 3.54. The Morgan fingerprint density at radius 3 is 2.04 bits per heavy atom. The zero-order valence-electron chi connectivity index (χ0n) is 16.3. The molecular weight excluding hydrogens is 324 g/mol. The molecule has 1 aliphatic rings. The van der Waals surface area contributed by atoms with E-state index in [-0.39, 0.29) is 17.1 Å². The van der Waals surface area contributed by atoms with Gasteiger partial charge in [0.2, 0.25) is 0 Å². The van der Waals surface area contributed by atoms with Crippen LogP contribution in [0.2, 0.25) is 0 Å². The standard InChI is InChI=1S/C13H24O5.C3H4O.C3H6/c1-5-13(7-16-10-14)8-17-11(18-9-13)12(2,3)6-15-4;1-2-3-4;1-3-2/h10-11H,5-9H2,1-4H3;2-3H,1H2;3H,1H2,2H3. The highest BCUT2D eigenvalue weighted by atomic mass is 16.7. The van der Waals surface area contributed by atoms with Crippen molar-refractivity contribution in [2.24, 2.45) is 10.8 Å². The predicted molar refractivity (Wildman–Crippen MR) is 98.2 cm³/mol. The van der Waals surface area contributed by atoms with Gasteiger partial charge in [-0.25, -0.2) is 0 Å². The van der Waals surface area contributed by atoms with Crippen LogP contribution in [-0.2, 0) is 28.5 Å². The van der Waals surface area contributed by atoms with E-state index in [2.05, 4.69) is 13.2 Å². The van der Waals surface area contributed by atoms with E-state index in [0.717, 1.165) is 6.42 Å². The Balaban J connectivity index is 0. The monoisotopic (exact) mass is 358 g/mol. The first-order valence-electron chi connectivity index (χ1n) is 8.23. The molecule has 0 saturated carbocycles. The second kappa shape index (κ2) is 14.8. The molecule has 6 heteroatoms. The summed E-state index contributed by atoms with van der Waals surface area (Å²) in [6.07, 6.45) is 4.14. The maximum Gasteiger partial charge on any atom is 0.293 e. The molecule has 1 fully saturated rings. The Morgan fingerprint density at radius 2 is 1.72 bits per heavy atom. The Morgan fingerprint density at radius 1 is 1.24 bits per heavy atom. The minimum absolute atomic E-state index is 0.194. The zero-order chi connectivity index (χ0) is 19.8. The third-order valence-electron chi connectivity index (χ3n) is 3.54.